The summed E-state index contributed by atoms with van der Waals surface area (Å²) >= 11 is 0. The molecular weight excluding hydrogens is 396 g/mol. The van der Waals surface area contributed by atoms with Crippen LogP contribution in [0.15, 0.2) is 24.3 Å². The van der Waals surface area contributed by atoms with Gasteiger partial charge in [0.1, 0.15) is 6.04 Å². The van der Waals surface area contributed by atoms with Gasteiger partial charge < -0.3 is 10.1 Å². The molecule has 0 saturated heterocycles. The first-order valence-electron chi connectivity index (χ1n) is 11.1. The van der Waals surface area contributed by atoms with E-state index in [1.807, 2.05) is 13.8 Å². The normalized spacial score (nSPS) is 24.2. The van der Waals surface area contributed by atoms with Gasteiger partial charge in [-0.2, -0.15) is 0 Å². The highest BCUT2D eigenvalue weighted by atomic mass is 16.5. The lowest BCUT2D eigenvalue weighted by atomic mass is 9.78. The molecule has 0 aromatic heterocycles. The number of ether oxygens (including phenoxy) is 1. The minimum absolute atomic E-state index is 0.0419. The average Bonchev–Trinajstić information content (AvgIpc) is 2.98. The zero-order chi connectivity index (χ0) is 22.7. The molecule has 1 aliphatic carbocycles. The van der Waals surface area contributed by atoms with Crippen molar-refractivity contribution in [1.82, 2.24) is 10.2 Å². The summed E-state index contributed by atoms with van der Waals surface area (Å²) in [7, 11) is 0. The molecule has 1 N–H and O–H groups in total. The van der Waals surface area contributed by atoms with Crippen LogP contribution >= 0.6 is 0 Å². The van der Waals surface area contributed by atoms with Gasteiger partial charge in [-0.25, -0.2) is 4.79 Å². The van der Waals surface area contributed by atoms with Crippen molar-refractivity contribution in [3.8, 4) is 0 Å². The van der Waals surface area contributed by atoms with Crippen molar-refractivity contribution in [2.75, 3.05) is 6.61 Å². The maximum atomic E-state index is 12.9. The number of nitrogens with one attached hydrogen (secondary N) is 1. The average molecular weight is 429 g/mol. The Balaban J connectivity index is 1.65. The Morgan fingerprint density at radius 1 is 1.10 bits per heavy atom. The van der Waals surface area contributed by atoms with Crippen LogP contribution in [0.2, 0.25) is 0 Å². The van der Waals surface area contributed by atoms with Crippen LogP contribution in [0, 0.1) is 17.8 Å². The standard InChI is InChI=1S/C24H32N2O5/c1-14(2)12-20(26-22(28)17-9-5-6-10-18(17)23(26)29)24(30)31-13-21(27)25-19-11-7-8-15(3)16(19)4/h5-6,9-10,14-16,19-20H,7-8,11-13H2,1-4H3,(H,25,27). The largest absolute Gasteiger partial charge is 0.454 e. The van der Waals surface area contributed by atoms with E-state index in [4.69, 9.17) is 4.74 Å². The molecule has 1 saturated carbocycles. The van der Waals surface area contributed by atoms with Crippen molar-refractivity contribution in [3.05, 3.63) is 35.4 Å². The van der Waals surface area contributed by atoms with Crippen LogP contribution in [-0.4, -0.2) is 47.3 Å². The van der Waals surface area contributed by atoms with Crippen molar-refractivity contribution in [3.63, 3.8) is 0 Å². The minimum atomic E-state index is -1.06. The second-order valence-electron chi connectivity index (χ2n) is 9.22. The molecule has 168 valence electrons. The van der Waals surface area contributed by atoms with Gasteiger partial charge in [0.15, 0.2) is 6.61 Å². The number of rotatable bonds is 7. The number of fused-ring (bicyclic) bond motifs is 1. The predicted octanol–water partition coefficient (Wildman–Crippen LogP) is 3.18. The summed E-state index contributed by atoms with van der Waals surface area (Å²) in [6.07, 6.45) is 3.39. The van der Waals surface area contributed by atoms with Gasteiger partial charge in [-0.15, -0.1) is 0 Å². The van der Waals surface area contributed by atoms with Gasteiger partial charge in [-0.3, -0.25) is 19.3 Å². The third-order valence-electron chi connectivity index (χ3n) is 6.50. The maximum absolute atomic E-state index is 12.9. The first kappa shape index (κ1) is 23.0. The summed E-state index contributed by atoms with van der Waals surface area (Å²) in [5.74, 6) is -1.16. The van der Waals surface area contributed by atoms with E-state index in [2.05, 4.69) is 19.2 Å². The molecule has 0 spiro atoms. The van der Waals surface area contributed by atoms with Crippen LogP contribution in [0.5, 0.6) is 0 Å². The first-order chi connectivity index (χ1) is 14.7. The van der Waals surface area contributed by atoms with E-state index in [0.717, 1.165) is 24.2 Å². The summed E-state index contributed by atoms with van der Waals surface area (Å²) in [5.41, 5.74) is 0.569. The van der Waals surface area contributed by atoms with Gasteiger partial charge in [0, 0.05) is 6.04 Å². The molecule has 1 heterocycles. The molecule has 0 radical (unpaired) electrons. The Morgan fingerprint density at radius 2 is 1.71 bits per heavy atom. The first-order valence-corrected chi connectivity index (χ1v) is 11.1. The second kappa shape index (κ2) is 9.62. The van der Waals surface area contributed by atoms with Crippen LogP contribution < -0.4 is 5.32 Å². The van der Waals surface area contributed by atoms with Crippen LogP contribution in [0.4, 0.5) is 0 Å². The summed E-state index contributed by atoms with van der Waals surface area (Å²) in [5, 5.41) is 2.97. The van der Waals surface area contributed by atoms with Crippen molar-refractivity contribution in [1.29, 1.82) is 0 Å². The van der Waals surface area contributed by atoms with Crippen molar-refractivity contribution in [2.45, 2.75) is 65.5 Å². The number of nitrogens with zero attached hydrogens (tertiary/aromatic N) is 1. The lowest BCUT2D eigenvalue weighted by Gasteiger charge is -2.34. The molecule has 3 amide bonds. The Bertz CT molecular complexity index is 830. The third-order valence-corrected chi connectivity index (χ3v) is 6.50. The number of carbonyl (C=O) groups is 4. The van der Waals surface area contributed by atoms with Crippen molar-refractivity contribution < 1.29 is 23.9 Å². The van der Waals surface area contributed by atoms with Crippen molar-refractivity contribution >= 4 is 23.7 Å². The number of amides is 3. The highest BCUT2D eigenvalue weighted by Gasteiger charge is 2.43. The summed E-state index contributed by atoms with van der Waals surface area (Å²) in [4.78, 5) is 51.9. The number of carbonyl (C=O) groups excluding carboxylic acids is 4. The van der Waals surface area contributed by atoms with Crippen LogP contribution in [0.3, 0.4) is 0 Å². The highest BCUT2D eigenvalue weighted by Crippen LogP contribution is 2.30. The molecule has 31 heavy (non-hydrogen) atoms. The molecule has 1 aliphatic heterocycles. The van der Waals surface area contributed by atoms with Gasteiger partial charge >= 0.3 is 5.97 Å². The van der Waals surface area contributed by atoms with Gasteiger partial charge in [0.25, 0.3) is 17.7 Å². The van der Waals surface area contributed by atoms with Crippen LogP contribution in [-0.2, 0) is 14.3 Å². The number of imide groups is 1. The maximum Gasteiger partial charge on any atom is 0.329 e. The Kier molecular flexibility index (Phi) is 7.13. The molecule has 3 rings (SSSR count). The molecule has 2 aliphatic rings. The lowest BCUT2D eigenvalue weighted by molar-refractivity contribution is -0.153. The second-order valence-corrected chi connectivity index (χ2v) is 9.22. The predicted molar refractivity (Wildman–Crippen MR) is 115 cm³/mol. The minimum Gasteiger partial charge on any atom is -0.454 e. The summed E-state index contributed by atoms with van der Waals surface area (Å²) < 4.78 is 5.28. The zero-order valence-electron chi connectivity index (χ0n) is 18.7. The zero-order valence-corrected chi connectivity index (χ0v) is 18.7. The van der Waals surface area contributed by atoms with Crippen LogP contribution in [0.1, 0.15) is 74.1 Å². The summed E-state index contributed by atoms with van der Waals surface area (Å²) in [6.45, 7) is 7.69. The number of benzene rings is 1. The SMILES string of the molecule is CC(C)CC(C(=O)OCC(=O)NC1CCCC(C)C1C)N1C(=O)c2ccccc2C1=O. The smallest absolute Gasteiger partial charge is 0.329 e. The third kappa shape index (κ3) is 4.97. The fourth-order valence-corrected chi connectivity index (χ4v) is 4.51. The quantitative estimate of drug-likeness (QED) is 0.532. The van der Waals surface area contributed by atoms with E-state index < -0.39 is 30.4 Å². The number of esters is 1. The number of hydrogen-bond donors (Lipinski definition) is 1. The molecule has 0 bridgehead atoms. The van der Waals surface area contributed by atoms with Gasteiger partial charge in [-0.1, -0.05) is 52.7 Å². The molecule has 7 heteroatoms. The number of hydrogen-bond acceptors (Lipinski definition) is 5. The van der Waals surface area contributed by atoms with Gasteiger partial charge in [0.05, 0.1) is 11.1 Å². The van der Waals surface area contributed by atoms with E-state index in [0.29, 0.717) is 11.8 Å². The monoisotopic (exact) mass is 428 g/mol. The highest BCUT2D eigenvalue weighted by molar-refractivity contribution is 6.22. The fourth-order valence-electron chi connectivity index (χ4n) is 4.51. The van der Waals surface area contributed by atoms with Gasteiger partial charge in [-0.05, 0) is 42.7 Å². The molecule has 7 nitrogen and oxygen atoms in total. The van der Waals surface area contributed by atoms with E-state index in [1.165, 1.54) is 0 Å². The molecule has 1 aromatic carbocycles. The van der Waals surface area contributed by atoms with E-state index >= 15 is 0 Å². The molecule has 1 aromatic rings. The molecule has 4 unspecified atom stereocenters. The summed E-state index contributed by atoms with van der Waals surface area (Å²) in [6, 6.07) is 5.52. The van der Waals surface area contributed by atoms with Gasteiger partial charge in [0.2, 0.25) is 0 Å². The lowest BCUT2D eigenvalue weighted by Crippen LogP contribution is -2.48. The van der Waals surface area contributed by atoms with E-state index in [-0.39, 0.29) is 35.4 Å². The van der Waals surface area contributed by atoms with Crippen molar-refractivity contribution in [2.24, 2.45) is 17.8 Å². The Morgan fingerprint density at radius 3 is 2.29 bits per heavy atom. The fraction of sp³-hybridized carbons (Fsp3) is 0.583. The Labute approximate surface area is 183 Å². The molecule has 1 fully saturated rings. The van der Waals surface area contributed by atoms with Crippen LogP contribution in [0.25, 0.3) is 0 Å². The molecule has 4 atom stereocenters. The van der Waals surface area contributed by atoms with E-state index in [1.54, 1.807) is 24.3 Å². The van der Waals surface area contributed by atoms with E-state index in [9.17, 15) is 19.2 Å². The molecular formula is C24H32N2O5. The topological polar surface area (TPSA) is 92.8 Å². The Hall–Kier alpha value is -2.70.